The standard InChI is InChI=1S/C13H11BrFN/c1-2-9-3-4-13(15)11(7-9)10-5-6-16-8-12(10)14/h3-8H,2H2,1H3. The average molecular weight is 280 g/mol. The highest BCUT2D eigenvalue weighted by Gasteiger charge is 2.08. The smallest absolute Gasteiger partial charge is 0.131 e. The van der Waals surface area contributed by atoms with Crippen LogP contribution < -0.4 is 0 Å². The summed E-state index contributed by atoms with van der Waals surface area (Å²) in [5.74, 6) is -0.205. The average Bonchev–Trinajstić information content (AvgIpc) is 2.31. The van der Waals surface area contributed by atoms with Crippen LogP contribution in [0.2, 0.25) is 0 Å². The van der Waals surface area contributed by atoms with Crippen molar-refractivity contribution in [1.29, 1.82) is 0 Å². The molecule has 0 aliphatic heterocycles. The molecular weight excluding hydrogens is 269 g/mol. The van der Waals surface area contributed by atoms with Gasteiger partial charge in [-0.1, -0.05) is 13.0 Å². The molecule has 0 aliphatic carbocycles. The van der Waals surface area contributed by atoms with Gasteiger partial charge < -0.3 is 0 Å². The predicted octanol–water partition coefficient (Wildman–Crippen LogP) is 4.21. The molecule has 0 unspecified atom stereocenters. The van der Waals surface area contributed by atoms with Crippen molar-refractivity contribution in [3.05, 3.63) is 52.5 Å². The van der Waals surface area contributed by atoms with Crippen LogP contribution in [0.1, 0.15) is 12.5 Å². The van der Waals surface area contributed by atoms with Crippen LogP contribution in [0.3, 0.4) is 0 Å². The SMILES string of the molecule is CCc1ccc(F)c(-c2ccncc2Br)c1. The first-order valence-electron chi connectivity index (χ1n) is 5.10. The number of hydrogen-bond acceptors (Lipinski definition) is 1. The van der Waals surface area contributed by atoms with E-state index in [1.807, 2.05) is 18.2 Å². The first-order chi connectivity index (χ1) is 7.72. The Hall–Kier alpha value is -1.22. The summed E-state index contributed by atoms with van der Waals surface area (Å²) >= 11 is 3.38. The van der Waals surface area contributed by atoms with Gasteiger partial charge in [-0.15, -0.1) is 0 Å². The normalized spacial score (nSPS) is 10.4. The van der Waals surface area contributed by atoms with Crippen molar-refractivity contribution >= 4 is 15.9 Å². The molecule has 0 amide bonds. The Labute approximate surface area is 102 Å². The molecule has 0 saturated carbocycles. The zero-order chi connectivity index (χ0) is 11.5. The quantitative estimate of drug-likeness (QED) is 0.802. The van der Waals surface area contributed by atoms with Crippen LogP contribution in [0.5, 0.6) is 0 Å². The zero-order valence-corrected chi connectivity index (χ0v) is 10.5. The lowest BCUT2D eigenvalue weighted by atomic mass is 10.0. The molecule has 2 aromatic rings. The summed E-state index contributed by atoms with van der Waals surface area (Å²) in [6, 6.07) is 7.02. The number of nitrogens with zero attached hydrogens (tertiary/aromatic N) is 1. The van der Waals surface area contributed by atoms with Gasteiger partial charge in [0.2, 0.25) is 0 Å². The molecular formula is C13H11BrFN. The number of hydrogen-bond donors (Lipinski definition) is 0. The molecule has 0 saturated heterocycles. The minimum Gasteiger partial charge on any atom is -0.264 e. The van der Waals surface area contributed by atoms with Gasteiger partial charge in [0.1, 0.15) is 5.82 Å². The van der Waals surface area contributed by atoms with E-state index in [0.717, 1.165) is 22.0 Å². The van der Waals surface area contributed by atoms with E-state index in [1.54, 1.807) is 12.4 Å². The molecule has 3 heteroatoms. The minimum absolute atomic E-state index is 0.205. The maximum Gasteiger partial charge on any atom is 0.131 e. The zero-order valence-electron chi connectivity index (χ0n) is 8.87. The van der Waals surface area contributed by atoms with Crippen LogP contribution in [0.25, 0.3) is 11.1 Å². The van der Waals surface area contributed by atoms with Crippen LogP contribution >= 0.6 is 15.9 Å². The van der Waals surface area contributed by atoms with Crippen LogP contribution in [0, 0.1) is 5.82 Å². The third-order valence-corrected chi connectivity index (χ3v) is 3.13. The molecule has 0 radical (unpaired) electrons. The molecule has 0 spiro atoms. The Bertz CT molecular complexity index is 511. The Kier molecular flexibility index (Phi) is 3.34. The number of aryl methyl sites for hydroxylation is 1. The number of pyridine rings is 1. The summed E-state index contributed by atoms with van der Waals surface area (Å²) in [6.45, 7) is 2.05. The van der Waals surface area contributed by atoms with Crippen molar-refractivity contribution in [2.45, 2.75) is 13.3 Å². The second-order valence-corrected chi connectivity index (χ2v) is 4.38. The van der Waals surface area contributed by atoms with Crippen LogP contribution in [0.15, 0.2) is 41.1 Å². The third-order valence-electron chi connectivity index (χ3n) is 2.50. The number of halogens is 2. The maximum absolute atomic E-state index is 13.7. The van der Waals surface area contributed by atoms with Gasteiger partial charge in [0.05, 0.1) is 0 Å². The van der Waals surface area contributed by atoms with E-state index in [-0.39, 0.29) is 5.82 Å². The van der Waals surface area contributed by atoms with Crippen molar-refractivity contribution in [2.24, 2.45) is 0 Å². The summed E-state index contributed by atoms with van der Waals surface area (Å²) in [7, 11) is 0. The highest BCUT2D eigenvalue weighted by molar-refractivity contribution is 9.10. The highest BCUT2D eigenvalue weighted by Crippen LogP contribution is 2.30. The van der Waals surface area contributed by atoms with E-state index in [2.05, 4.69) is 27.8 Å². The summed E-state index contributed by atoms with van der Waals surface area (Å²) in [5.41, 5.74) is 2.58. The Morgan fingerprint density at radius 2 is 2.06 bits per heavy atom. The summed E-state index contributed by atoms with van der Waals surface area (Å²) < 4.78 is 14.5. The number of benzene rings is 1. The number of rotatable bonds is 2. The summed E-state index contributed by atoms with van der Waals surface area (Å²) in [5, 5.41) is 0. The van der Waals surface area contributed by atoms with Crippen molar-refractivity contribution in [3.8, 4) is 11.1 Å². The Morgan fingerprint density at radius 1 is 1.25 bits per heavy atom. The second-order valence-electron chi connectivity index (χ2n) is 3.52. The molecule has 1 heterocycles. The van der Waals surface area contributed by atoms with E-state index in [1.165, 1.54) is 6.07 Å². The Balaban J connectivity index is 2.59. The van der Waals surface area contributed by atoms with E-state index in [0.29, 0.717) is 5.56 Å². The van der Waals surface area contributed by atoms with Gasteiger partial charge in [0.25, 0.3) is 0 Å². The van der Waals surface area contributed by atoms with E-state index in [4.69, 9.17) is 0 Å². The maximum atomic E-state index is 13.7. The Morgan fingerprint density at radius 3 is 2.75 bits per heavy atom. The topological polar surface area (TPSA) is 12.9 Å². The van der Waals surface area contributed by atoms with Crippen molar-refractivity contribution < 1.29 is 4.39 Å². The van der Waals surface area contributed by atoms with Gasteiger partial charge in [-0.05, 0) is 46.1 Å². The van der Waals surface area contributed by atoms with Crippen LogP contribution in [0.4, 0.5) is 4.39 Å². The first kappa shape index (κ1) is 11.3. The van der Waals surface area contributed by atoms with Crippen LogP contribution in [-0.4, -0.2) is 4.98 Å². The molecule has 0 atom stereocenters. The molecule has 1 nitrogen and oxygen atoms in total. The fraction of sp³-hybridized carbons (Fsp3) is 0.154. The van der Waals surface area contributed by atoms with Gasteiger partial charge in [0, 0.05) is 28.0 Å². The van der Waals surface area contributed by atoms with E-state index >= 15 is 0 Å². The molecule has 16 heavy (non-hydrogen) atoms. The lowest BCUT2D eigenvalue weighted by Gasteiger charge is -2.07. The van der Waals surface area contributed by atoms with Crippen molar-refractivity contribution in [3.63, 3.8) is 0 Å². The fourth-order valence-electron chi connectivity index (χ4n) is 1.59. The molecule has 0 N–H and O–H groups in total. The molecule has 82 valence electrons. The molecule has 1 aromatic heterocycles. The molecule has 0 fully saturated rings. The highest BCUT2D eigenvalue weighted by atomic mass is 79.9. The summed E-state index contributed by atoms with van der Waals surface area (Å²) in [4.78, 5) is 3.97. The first-order valence-corrected chi connectivity index (χ1v) is 5.90. The lowest BCUT2D eigenvalue weighted by molar-refractivity contribution is 0.630. The lowest BCUT2D eigenvalue weighted by Crippen LogP contribution is -1.89. The molecule has 1 aromatic carbocycles. The van der Waals surface area contributed by atoms with Gasteiger partial charge >= 0.3 is 0 Å². The third kappa shape index (κ3) is 2.14. The molecule has 0 bridgehead atoms. The van der Waals surface area contributed by atoms with Gasteiger partial charge in [-0.25, -0.2) is 4.39 Å². The number of aromatic nitrogens is 1. The van der Waals surface area contributed by atoms with Crippen LogP contribution in [-0.2, 0) is 6.42 Å². The van der Waals surface area contributed by atoms with E-state index < -0.39 is 0 Å². The minimum atomic E-state index is -0.205. The van der Waals surface area contributed by atoms with Crippen molar-refractivity contribution in [2.75, 3.05) is 0 Å². The van der Waals surface area contributed by atoms with Crippen molar-refractivity contribution in [1.82, 2.24) is 4.98 Å². The largest absolute Gasteiger partial charge is 0.264 e. The second kappa shape index (κ2) is 4.74. The fourth-order valence-corrected chi connectivity index (χ4v) is 2.06. The van der Waals surface area contributed by atoms with Gasteiger partial charge in [-0.2, -0.15) is 0 Å². The monoisotopic (exact) mass is 279 g/mol. The predicted molar refractivity (Wildman–Crippen MR) is 66.7 cm³/mol. The molecule has 2 rings (SSSR count). The van der Waals surface area contributed by atoms with Gasteiger partial charge in [0.15, 0.2) is 0 Å². The van der Waals surface area contributed by atoms with E-state index in [9.17, 15) is 4.39 Å². The summed E-state index contributed by atoms with van der Waals surface area (Å²) in [6.07, 6.45) is 4.24. The molecule has 0 aliphatic rings. The van der Waals surface area contributed by atoms with Gasteiger partial charge in [-0.3, -0.25) is 4.98 Å².